The van der Waals surface area contributed by atoms with Crippen LogP contribution in [0.4, 0.5) is 0 Å². The van der Waals surface area contributed by atoms with Crippen LogP contribution in [0.15, 0.2) is 60.7 Å². The number of carbonyl (C=O) groups is 2. The summed E-state index contributed by atoms with van der Waals surface area (Å²) in [6.45, 7) is 2.27. The van der Waals surface area contributed by atoms with Crippen molar-refractivity contribution in [1.29, 1.82) is 0 Å². The van der Waals surface area contributed by atoms with E-state index < -0.39 is 17.9 Å². The van der Waals surface area contributed by atoms with Crippen molar-refractivity contribution >= 4 is 11.9 Å². The predicted molar refractivity (Wildman–Crippen MR) is 147 cm³/mol. The maximum atomic E-state index is 12.8. The van der Waals surface area contributed by atoms with Crippen LogP contribution >= 0.6 is 0 Å². The fourth-order valence-electron chi connectivity index (χ4n) is 4.40. The molecule has 0 aliphatic rings. The molecule has 0 aliphatic carbocycles. The van der Waals surface area contributed by atoms with Crippen LogP contribution in [0.3, 0.4) is 0 Å². The van der Waals surface area contributed by atoms with Crippen molar-refractivity contribution in [3.8, 4) is 11.5 Å². The topological polar surface area (TPSA) is 52.6 Å². The smallest absolute Gasteiger partial charge is 0.325 e. The Hall–Kier alpha value is -2.62. The average molecular weight is 495 g/mol. The van der Waals surface area contributed by atoms with E-state index in [1.807, 2.05) is 12.1 Å². The van der Waals surface area contributed by atoms with E-state index in [2.05, 4.69) is 6.92 Å². The lowest BCUT2D eigenvalue weighted by molar-refractivity contribution is -0.151. The van der Waals surface area contributed by atoms with Gasteiger partial charge in [-0.3, -0.25) is 9.59 Å². The third-order valence-electron chi connectivity index (χ3n) is 6.59. The van der Waals surface area contributed by atoms with E-state index >= 15 is 0 Å². The average Bonchev–Trinajstić information content (AvgIpc) is 2.89. The van der Waals surface area contributed by atoms with Crippen molar-refractivity contribution in [2.75, 3.05) is 0 Å². The number of para-hydroxylation sites is 2. The van der Waals surface area contributed by atoms with Gasteiger partial charge in [0.1, 0.15) is 11.5 Å². The highest BCUT2D eigenvalue weighted by Crippen LogP contribution is 2.20. The van der Waals surface area contributed by atoms with Crippen LogP contribution in [0.2, 0.25) is 0 Å². The highest BCUT2D eigenvalue weighted by Gasteiger charge is 2.30. The first-order valence-corrected chi connectivity index (χ1v) is 14.2. The van der Waals surface area contributed by atoms with Gasteiger partial charge in [-0.25, -0.2) is 0 Å². The summed E-state index contributed by atoms with van der Waals surface area (Å²) in [6, 6.07) is 17.8. The molecule has 0 unspecified atom stereocenters. The highest BCUT2D eigenvalue weighted by molar-refractivity contribution is 5.96. The minimum Gasteiger partial charge on any atom is -0.426 e. The van der Waals surface area contributed by atoms with Gasteiger partial charge < -0.3 is 9.47 Å². The summed E-state index contributed by atoms with van der Waals surface area (Å²) >= 11 is 0. The number of ether oxygens (including phenoxy) is 2. The van der Waals surface area contributed by atoms with E-state index in [0.717, 1.165) is 19.3 Å². The first kappa shape index (κ1) is 29.6. The van der Waals surface area contributed by atoms with Crippen LogP contribution < -0.4 is 9.47 Å². The molecule has 0 N–H and O–H groups in total. The minimum atomic E-state index is -0.924. The molecule has 0 amide bonds. The fraction of sp³-hybridized carbons (Fsp3) is 0.562. The number of carbonyl (C=O) groups excluding carboxylic acids is 2. The lowest BCUT2D eigenvalue weighted by Crippen LogP contribution is -2.31. The monoisotopic (exact) mass is 494 g/mol. The van der Waals surface area contributed by atoms with E-state index in [0.29, 0.717) is 17.9 Å². The highest BCUT2D eigenvalue weighted by atomic mass is 16.6. The molecule has 0 aliphatic heterocycles. The van der Waals surface area contributed by atoms with Gasteiger partial charge in [-0.2, -0.15) is 0 Å². The molecular weight excluding hydrogens is 448 g/mol. The second kappa shape index (κ2) is 19.6. The van der Waals surface area contributed by atoms with E-state index in [1.165, 1.54) is 77.0 Å². The summed E-state index contributed by atoms with van der Waals surface area (Å²) in [5.74, 6) is -1.14. The summed E-state index contributed by atoms with van der Waals surface area (Å²) in [7, 11) is 0. The molecule has 4 nitrogen and oxygen atoms in total. The number of unbranched alkanes of at least 4 members (excludes halogenated alkanes) is 14. The van der Waals surface area contributed by atoms with Crippen molar-refractivity contribution in [2.24, 2.45) is 5.92 Å². The predicted octanol–water partition coefficient (Wildman–Crippen LogP) is 9.08. The van der Waals surface area contributed by atoms with Gasteiger partial charge in [-0.1, -0.05) is 140 Å². The van der Waals surface area contributed by atoms with Crippen LogP contribution in [-0.2, 0) is 9.59 Å². The van der Waals surface area contributed by atoms with Crippen molar-refractivity contribution in [3.05, 3.63) is 60.7 Å². The molecule has 0 bridgehead atoms. The molecule has 36 heavy (non-hydrogen) atoms. The number of rotatable bonds is 20. The standard InChI is InChI=1S/C32H46O4/c1-2-3-4-5-6-7-8-9-10-11-12-13-14-15-22-27-30(31(33)35-28-23-18-16-19-24-28)32(34)36-29-25-20-17-21-26-29/h16-21,23-26,30H,2-15,22,27H2,1H3. The molecule has 0 heterocycles. The quantitative estimate of drug-likeness (QED) is 0.0797. The summed E-state index contributed by atoms with van der Waals surface area (Å²) < 4.78 is 10.9. The van der Waals surface area contributed by atoms with Gasteiger partial charge in [0.2, 0.25) is 0 Å². The molecule has 2 aromatic rings. The molecule has 0 aromatic heterocycles. The maximum absolute atomic E-state index is 12.8. The zero-order valence-electron chi connectivity index (χ0n) is 22.3. The van der Waals surface area contributed by atoms with E-state index in [-0.39, 0.29) is 0 Å². The second-order valence-corrected chi connectivity index (χ2v) is 9.76. The zero-order valence-corrected chi connectivity index (χ0v) is 22.3. The van der Waals surface area contributed by atoms with E-state index in [4.69, 9.17) is 9.47 Å². The molecular formula is C32H46O4. The number of hydrogen-bond donors (Lipinski definition) is 0. The molecule has 0 fully saturated rings. The number of esters is 2. The van der Waals surface area contributed by atoms with Gasteiger partial charge in [-0.15, -0.1) is 0 Å². The fourth-order valence-corrected chi connectivity index (χ4v) is 4.40. The van der Waals surface area contributed by atoms with Gasteiger partial charge >= 0.3 is 11.9 Å². The number of benzene rings is 2. The summed E-state index contributed by atoms with van der Waals surface area (Å²) in [5.41, 5.74) is 0. The second-order valence-electron chi connectivity index (χ2n) is 9.76. The van der Waals surface area contributed by atoms with Gasteiger partial charge in [0.05, 0.1) is 0 Å². The Balaban J connectivity index is 1.62. The first-order chi connectivity index (χ1) is 17.7. The summed E-state index contributed by atoms with van der Waals surface area (Å²) in [5, 5.41) is 0. The van der Waals surface area contributed by atoms with Gasteiger partial charge in [0, 0.05) is 0 Å². The summed E-state index contributed by atoms with van der Waals surface area (Å²) in [6.07, 6.45) is 19.6. The Kier molecular flexibility index (Phi) is 16.1. The van der Waals surface area contributed by atoms with Crippen LogP contribution in [0.5, 0.6) is 11.5 Å². The van der Waals surface area contributed by atoms with Crippen molar-refractivity contribution in [1.82, 2.24) is 0 Å². The molecule has 4 heteroatoms. The third-order valence-corrected chi connectivity index (χ3v) is 6.59. The van der Waals surface area contributed by atoms with Gasteiger partial charge in [0.25, 0.3) is 0 Å². The molecule has 2 aromatic carbocycles. The molecule has 0 saturated carbocycles. The van der Waals surface area contributed by atoms with Crippen LogP contribution in [-0.4, -0.2) is 11.9 Å². The SMILES string of the molecule is CCCCCCCCCCCCCCCCCC(C(=O)Oc1ccccc1)C(=O)Oc1ccccc1. The molecule has 198 valence electrons. The van der Waals surface area contributed by atoms with Crippen LogP contribution in [0.1, 0.15) is 110 Å². The number of hydrogen-bond acceptors (Lipinski definition) is 4. The van der Waals surface area contributed by atoms with Crippen molar-refractivity contribution in [3.63, 3.8) is 0 Å². The molecule has 2 rings (SSSR count). The molecule has 0 spiro atoms. The molecule has 0 radical (unpaired) electrons. The normalized spacial score (nSPS) is 10.9. The van der Waals surface area contributed by atoms with Gasteiger partial charge in [-0.05, 0) is 30.7 Å². The maximum Gasteiger partial charge on any atom is 0.325 e. The lowest BCUT2D eigenvalue weighted by Gasteiger charge is -2.15. The van der Waals surface area contributed by atoms with E-state index in [1.54, 1.807) is 48.5 Å². The lowest BCUT2D eigenvalue weighted by atomic mass is 9.99. The van der Waals surface area contributed by atoms with Crippen LogP contribution in [0, 0.1) is 5.92 Å². The van der Waals surface area contributed by atoms with Gasteiger partial charge in [0.15, 0.2) is 5.92 Å². The van der Waals surface area contributed by atoms with Crippen molar-refractivity contribution in [2.45, 2.75) is 110 Å². The largest absolute Gasteiger partial charge is 0.426 e. The minimum absolute atomic E-state index is 0.440. The zero-order chi connectivity index (χ0) is 25.7. The molecule has 0 saturated heterocycles. The molecule has 0 atom stereocenters. The van der Waals surface area contributed by atoms with E-state index in [9.17, 15) is 9.59 Å². The third kappa shape index (κ3) is 13.5. The Morgan fingerprint density at radius 1 is 0.528 bits per heavy atom. The van der Waals surface area contributed by atoms with Crippen LogP contribution in [0.25, 0.3) is 0 Å². The Morgan fingerprint density at radius 3 is 1.22 bits per heavy atom. The summed E-state index contributed by atoms with van der Waals surface area (Å²) in [4.78, 5) is 25.6. The van der Waals surface area contributed by atoms with Crippen molar-refractivity contribution < 1.29 is 19.1 Å². The first-order valence-electron chi connectivity index (χ1n) is 14.2. The Labute approximate surface area is 218 Å². The Morgan fingerprint density at radius 2 is 0.861 bits per heavy atom. The Bertz CT molecular complexity index is 765.